The summed E-state index contributed by atoms with van der Waals surface area (Å²) in [6.07, 6.45) is 0.992. The summed E-state index contributed by atoms with van der Waals surface area (Å²) in [5.41, 5.74) is 6.72. The zero-order valence-electron chi connectivity index (χ0n) is 10.2. The van der Waals surface area contributed by atoms with E-state index < -0.39 is 6.04 Å². The van der Waals surface area contributed by atoms with Crippen molar-refractivity contribution in [3.8, 4) is 0 Å². The second kappa shape index (κ2) is 8.14. The van der Waals surface area contributed by atoms with E-state index in [0.29, 0.717) is 6.54 Å². The highest BCUT2D eigenvalue weighted by atomic mass is 32.2. The Balaban J connectivity index is 2.28. The second-order valence-corrected chi connectivity index (χ2v) is 5.12. The Labute approximate surface area is 107 Å². The van der Waals surface area contributed by atoms with Gasteiger partial charge in [-0.1, -0.05) is 37.3 Å². The van der Waals surface area contributed by atoms with E-state index in [1.807, 2.05) is 42.1 Å². The first-order valence-electron chi connectivity index (χ1n) is 5.91. The van der Waals surface area contributed by atoms with Gasteiger partial charge in [-0.25, -0.2) is 0 Å². The van der Waals surface area contributed by atoms with E-state index in [1.165, 1.54) is 0 Å². The van der Waals surface area contributed by atoms with E-state index in [0.717, 1.165) is 23.5 Å². The van der Waals surface area contributed by atoms with Gasteiger partial charge in [0.05, 0.1) is 0 Å². The normalized spacial score (nSPS) is 12.1. The molecule has 0 saturated heterocycles. The van der Waals surface area contributed by atoms with Crippen molar-refractivity contribution in [2.45, 2.75) is 19.4 Å². The molecule has 4 heteroatoms. The number of carbonyl (C=O) groups is 1. The first kappa shape index (κ1) is 14.1. The Hall–Kier alpha value is -1.00. The van der Waals surface area contributed by atoms with Gasteiger partial charge >= 0.3 is 0 Å². The highest BCUT2D eigenvalue weighted by Crippen LogP contribution is 2.09. The van der Waals surface area contributed by atoms with Gasteiger partial charge in [-0.15, -0.1) is 0 Å². The Morgan fingerprint density at radius 1 is 1.41 bits per heavy atom. The molecule has 0 aliphatic heterocycles. The van der Waals surface area contributed by atoms with Gasteiger partial charge in [-0.05, 0) is 23.5 Å². The fraction of sp³-hybridized carbons (Fsp3) is 0.462. The Morgan fingerprint density at radius 2 is 2.12 bits per heavy atom. The van der Waals surface area contributed by atoms with Crippen molar-refractivity contribution in [1.82, 2.24) is 5.32 Å². The molecule has 0 spiro atoms. The molecule has 0 fully saturated rings. The number of nitrogens with two attached hydrogens (primary N) is 1. The minimum atomic E-state index is -0.560. The van der Waals surface area contributed by atoms with Crippen molar-refractivity contribution in [2.75, 3.05) is 18.1 Å². The van der Waals surface area contributed by atoms with Gasteiger partial charge in [-0.2, -0.15) is 11.8 Å². The summed E-state index contributed by atoms with van der Waals surface area (Å²) in [6.45, 7) is 2.83. The van der Waals surface area contributed by atoms with E-state index in [2.05, 4.69) is 12.2 Å². The minimum absolute atomic E-state index is 0.0994. The first-order chi connectivity index (χ1) is 8.25. The largest absolute Gasteiger partial charge is 0.354 e. The fourth-order valence-corrected chi connectivity index (χ4v) is 2.09. The van der Waals surface area contributed by atoms with Gasteiger partial charge in [0.1, 0.15) is 6.04 Å². The van der Waals surface area contributed by atoms with E-state index in [-0.39, 0.29) is 5.91 Å². The summed E-state index contributed by atoms with van der Waals surface area (Å²) in [7, 11) is 0. The lowest BCUT2D eigenvalue weighted by atomic mass is 10.1. The molecule has 1 aromatic rings. The Morgan fingerprint density at radius 3 is 2.76 bits per heavy atom. The molecule has 0 bridgehead atoms. The Kier molecular flexibility index (Phi) is 6.74. The van der Waals surface area contributed by atoms with Gasteiger partial charge in [0, 0.05) is 6.54 Å². The topological polar surface area (TPSA) is 55.1 Å². The lowest BCUT2D eigenvalue weighted by Gasteiger charge is -2.12. The summed E-state index contributed by atoms with van der Waals surface area (Å²) in [4.78, 5) is 11.7. The second-order valence-electron chi connectivity index (χ2n) is 3.73. The summed E-state index contributed by atoms with van der Waals surface area (Å²) in [5.74, 6) is 2.10. The number of carbonyl (C=O) groups excluding carboxylic acids is 1. The van der Waals surface area contributed by atoms with E-state index in [4.69, 9.17) is 5.73 Å². The van der Waals surface area contributed by atoms with Crippen molar-refractivity contribution in [2.24, 2.45) is 5.73 Å². The number of nitrogens with one attached hydrogen (secondary N) is 1. The van der Waals surface area contributed by atoms with Crippen LogP contribution in [0.4, 0.5) is 0 Å². The van der Waals surface area contributed by atoms with E-state index in [9.17, 15) is 4.79 Å². The van der Waals surface area contributed by atoms with Crippen molar-refractivity contribution in [3.63, 3.8) is 0 Å². The van der Waals surface area contributed by atoms with Crippen LogP contribution in [0.3, 0.4) is 0 Å². The first-order valence-corrected chi connectivity index (χ1v) is 7.07. The van der Waals surface area contributed by atoms with Crippen LogP contribution < -0.4 is 11.1 Å². The minimum Gasteiger partial charge on any atom is -0.354 e. The Bertz CT molecular complexity index is 329. The van der Waals surface area contributed by atoms with Crippen LogP contribution >= 0.6 is 11.8 Å². The predicted octanol–water partition coefficient (Wildman–Crippen LogP) is 1.95. The van der Waals surface area contributed by atoms with Crippen molar-refractivity contribution in [3.05, 3.63) is 35.9 Å². The third-order valence-corrected chi connectivity index (χ3v) is 3.40. The highest BCUT2D eigenvalue weighted by Gasteiger charge is 2.14. The van der Waals surface area contributed by atoms with Gasteiger partial charge in [0.15, 0.2) is 0 Å². The van der Waals surface area contributed by atoms with Crippen LogP contribution in [-0.2, 0) is 4.79 Å². The standard InChI is InChI=1S/C13H20N2OS/c1-2-17-10-6-9-15-13(16)12(14)11-7-4-3-5-8-11/h3-5,7-8,12H,2,6,9-10,14H2,1H3,(H,15,16). The van der Waals surface area contributed by atoms with Crippen LogP contribution in [0, 0.1) is 0 Å². The number of hydrogen-bond acceptors (Lipinski definition) is 3. The molecule has 0 aromatic heterocycles. The maximum absolute atomic E-state index is 11.7. The molecule has 17 heavy (non-hydrogen) atoms. The lowest BCUT2D eigenvalue weighted by molar-refractivity contribution is -0.122. The van der Waals surface area contributed by atoms with Crippen molar-refractivity contribution in [1.29, 1.82) is 0 Å². The maximum Gasteiger partial charge on any atom is 0.241 e. The van der Waals surface area contributed by atoms with Gasteiger partial charge in [-0.3, -0.25) is 4.79 Å². The summed E-state index contributed by atoms with van der Waals surface area (Å²) < 4.78 is 0. The van der Waals surface area contributed by atoms with Crippen molar-refractivity contribution >= 4 is 17.7 Å². The summed E-state index contributed by atoms with van der Waals surface area (Å²) in [6, 6.07) is 8.88. The molecule has 0 aliphatic carbocycles. The van der Waals surface area contributed by atoms with Crippen LogP contribution in [0.1, 0.15) is 24.9 Å². The van der Waals surface area contributed by atoms with Crippen LogP contribution in [0.15, 0.2) is 30.3 Å². The molecule has 3 N–H and O–H groups in total. The SMILES string of the molecule is CCSCCCNC(=O)C(N)c1ccccc1. The van der Waals surface area contributed by atoms with Crippen LogP contribution in [0.25, 0.3) is 0 Å². The molecule has 0 aliphatic rings. The molecular formula is C13H20N2OS. The number of amides is 1. The smallest absolute Gasteiger partial charge is 0.241 e. The van der Waals surface area contributed by atoms with Crippen LogP contribution in [0.2, 0.25) is 0 Å². The number of rotatable bonds is 7. The zero-order valence-corrected chi connectivity index (χ0v) is 11.0. The molecule has 3 nitrogen and oxygen atoms in total. The molecule has 1 atom stereocenters. The third kappa shape index (κ3) is 5.24. The fourth-order valence-electron chi connectivity index (χ4n) is 1.45. The molecule has 1 unspecified atom stereocenters. The van der Waals surface area contributed by atoms with Crippen LogP contribution in [-0.4, -0.2) is 24.0 Å². The zero-order chi connectivity index (χ0) is 12.5. The number of hydrogen-bond donors (Lipinski definition) is 2. The molecule has 1 rings (SSSR count). The monoisotopic (exact) mass is 252 g/mol. The average Bonchev–Trinajstić information content (AvgIpc) is 2.38. The van der Waals surface area contributed by atoms with Crippen LogP contribution in [0.5, 0.6) is 0 Å². The third-order valence-electron chi connectivity index (χ3n) is 2.41. The summed E-state index contributed by atoms with van der Waals surface area (Å²) in [5, 5.41) is 2.86. The molecular weight excluding hydrogens is 232 g/mol. The highest BCUT2D eigenvalue weighted by molar-refractivity contribution is 7.99. The molecule has 94 valence electrons. The molecule has 1 aromatic carbocycles. The molecule has 0 saturated carbocycles. The molecule has 0 heterocycles. The maximum atomic E-state index is 11.7. The number of thioether (sulfide) groups is 1. The van der Waals surface area contributed by atoms with Gasteiger partial charge in [0.2, 0.25) is 5.91 Å². The average molecular weight is 252 g/mol. The van der Waals surface area contributed by atoms with Crippen molar-refractivity contribution < 1.29 is 4.79 Å². The molecule has 1 amide bonds. The predicted molar refractivity (Wildman–Crippen MR) is 74.0 cm³/mol. The summed E-state index contributed by atoms with van der Waals surface area (Å²) >= 11 is 1.88. The van der Waals surface area contributed by atoms with E-state index >= 15 is 0 Å². The quantitative estimate of drug-likeness (QED) is 0.729. The van der Waals surface area contributed by atoms with E-state index in [1.54, 1.807) is 0 Å². The van der Waals surface area contributed by atoms with Gasteiger partial charge < -0.3 is 11.1 Å². The number of benzene rings is 1. The molecule has 0 radical (unpaired) electrons. The lowest BCUT2D eigenvalue weighted by Crippen LogP contribution is -2.34. The van der Waals surface area contributed by atoms with Gasteiger partial charge in [0.25, 0.3) is 0 Å².